The van der Waals surface area contributed by atoms with Crippen LogP contribution in [0.2, 0.25) is 15.1 Å². The quantitative estimate of drug-likeness (QED) is 0.429. The summed E-state index contributed by atoms with van der Waals surface area (Å²) in [6.45, 7) is 0. The lowest BCUT2D eigenvalue weighted by Crippen LogP contribution is -1.96. The van der Waals surface area contributed by atoms with Crippen molar-refractivity contribution in [3.8, 4) is 0 Å². The fourth-order valence-electron chi connectivity index (χ4n) is 2.39. The Hall–Kier alpha value is -0.920. The fourth-order valence-corrected chi connectivity index (χ4v) is 3.46. The van der Waals surface area contributed by atoms with Gasteiger partial charge in [-0.2, -0.15) is 0 Å². The summed E-state index contributed by atoms with van der Waals surface area (Å²) >= 11 is 25.3. The second-order valence-electron chi connectivity index (χ2n) is 4.69. The standard InChI is InChI=1S/C17H10Cl4/c18-14-9-8-12(10-4-1-2-5-11(10)14)16(20)13-6-3-7-15(19)17(13)21/h1-9,16H. The Morgan fingerprint density at radius 2 is 1.33 bits per heavy atom. The molecule has 0 N–H and O–H groups in total. The summed E-state index contributed by atoms with van der Waals surface area (Å²) in [6, 6.07) is 17.2. The lowest BCUT2D eigenvalue weighted by molar-refractivity contribution is 1.16. The van der Waals surface area contributed by atoms with Crippen LogP contribution in [0.1, 0.15) is 16.5 Å². The molecule has 0 aromatic heterocycles. The van der Waals surface area contributed by atoms with Gasteiger partial charge in [0.25, 0.3) is 0 Å². The summed E-state index contributed by atoms with van der Waals surface area (Å²) in [5.74, 6) is 0. The van der Waals surface area contributed by atoms with Gasteiger partial charge in [-0.15, -0.1) is 11.6 Å². The van der Waals surface area contributed by atoms with Gasteiger partial charge < -0.3 is 0 Å². The summed E-state index contributed by atoms with van der Waals surface area (Å²) in [7, 11) is 0. The number of halogens is 4. The van der Waals surface area contributed by atoms with Crippen LogP contribution in [0.15, 0.2) is 54.6 Å². The highest BCUT2D eigenvalue weighted by atomic mass is 35.5. The fraction of sp³-hybridized carbons (Fsp3) is 0.0588. The first-order valence-electron chi connectivity index (χ1n) is 6.34. The van der Waals surface area contributed by atoms with Gasteiger partial charge in [0.1, 0.15) is 0 Å². The van der Waals surface area contributed by atoms with Crippen molar-refractivity contribution in [2.75, 3.05) is 0 Å². The van der Waals surface area contributed by atoms with E-state index in [0.29, 0.717) is 15.1 Å². The Balaban J connectivity index is 2.21. The van der Waals surface area contributed by atoms with Crippen molar-refractivity contribution in [2.24, 2.45) is 0 Å². The highest BCUT2D eigenvalue weighted by Gasteiger charge is 2.18. The molecule has 0 nitrogen and oxygen atoms in total. The molecule has 0 saturated carbocycles. The van der Waals surface area contributed by atoms with E-state index in [-0.39, 0.29) is 0 Å². The molecule has 0 bridgehead atoms. The molecule has 3 aromatic carbocycles. The van der Waals surface area contributed by atoms with Crippen LogP contribution in [0, 0.1) is 0 Å². The number of rotatable bonds is 2. The number of alkyl halides is 1. The third-order valence-corrected chi connectivity index (χ3v) is 5.07. The van der Waals surface area contributed by atoms with Gasteiger partial charge >= 0.3 is 0 Å². The molecule has 1 atom stereocenters. The number of benzene rings is 3. The van der Waals surface area contributed by atoms with Gasteiger partial charge in [0.05, 0.1) is 15.4 Å². The molecular weight excluding hydrogens is 346 g/mol. The molecule has 0 saturated heterocycles. The zero-order valence-electron chi connectivity index (χ0n) is 10.8. The van der Waals surface area contributed by atoms with Crippen molar-refractivity contribution in [3.63, 3.8) is 0 Å². The van der Waals surface area contributed by atoms with Crippen LogP contribution in [0.4, 0.5) is 0 Å². The predicted octanol–water partition coefficient (Wildman–Crippen LogP) is 7.13. The van der Waals surface area contributed by atoms with Crippen LogP contribution in [0.3, 0.4) is 0 Å². The average molecular weight is 356 g/mol. The van der Waals surface area contributed by atoms with Crippen molar-refractivity contribution < 1.29 is 0 Å². The SMILES string of the molecule is Clc1cccc(C(Cl)c2ccc(Cl)c3ccccc23)c1Cl. The normalized spacial score (nSPS) is 12.6. The van der Waals surface area contributed by atoms with Gasteiger partial charge in [-0.3, -0.25) is 0 Å². The number of hydrogen-bond acceptors (Lipinski definition) is 0. The largest absolute Gasteiger partial charge is 0.113 e. The molecule has 4 heteroatoms. The third kappa shape index (κ3) is 2.74. The van der Waals surface area contributed by atoms with Gasteiger partial charge in [-0.1, -0.05) is 77.3 Å². The van der Waals surface area contributed by atoms with E-state index in [1.807, 2.05) is 48.5 Å². The van der Waals surface area contributed by atoms with E-state index in [1.165, 1.54) is 0 Å². The summed E-state index contributed by atoms with van der Waals surface area (Å²) in [4.78, 5) is 0. The Labute approximate surface area is 143 Å². The maximum atomic E-state index is 6.65. The summed E-state index contributed by atoms with van der Waals surface area (Å²) in [5.41, 5.74) is 1.75. The molecule has 0 aliphatic carbocycles. The van der Waals surface area contributed by atoms with Crippen molar-refractivity contribution in [2.45, 2.75) is 5.38 Å². The molecule has 106 valence electrons. The van der Waals surface area contributed by atoms with E-state index < -0.39 is 5.38 Å². The molecule has 0 spiro atoms. The molecule has 3 rings (SSSR count). The Morgan fingerprint density at radius 1 is 0.619 bits per heavy atom. The maximum Gasteiger partial charge on any atom is 0.0856 e. The second-order valence-corrected chi connectivity index (χ2v) is 6.32. The molecule has 0 fully saturated rings. The van der Waals surface area contributed by atoms with Gasteiger partial charge in [0, 0.05) is 10.4 Å². The minimum absolute atomic E-state index is 0.390. The third-order valence-electron chi connectivity index (χ3n) is 3.43. The van der Waals surface area contributed by atoms with E-state index in [4.69, 9.17) is 46.4 Å². The molecule has 21 heavy (non-hydrogen) atoms. The lowest BCUT2D eigenvalue weighted by Gasteiger charge is -2.16. The summed E-state index contributed by atoms with van der Waals surface area (Å²) < 4.78 is 0. The minimum atomic E-state index is -0.390. The topological polar surface area (TPSA) is 0 Å². The highest BCUT2D eigenvalue weighted by Crippen LogP contribution is 2.40. The van der Waals surface area contributed by atoms with Crippen LogP contribution in [-0.2, 0) is 0 Å². The Kier molecular flexibility index (Phi) is 4.33. The Morgan fingerprint density at radius 3 is 2.10 bits per heavy atom. The first-order chi connectivity index (χ1) is 10.1. The van der Waals surface area contributed by atoms with Crippen molar-refractivity contribution in [3.05, 3.63) is 80.8 Å². The molecular formula is C17H10Cl4. The van der Waals surface area contributed by atoms with Crippen LogP contribution in [0.25, 0.3) is 10.8 Å². The van der Waals surface area contributed by atoms with Gasteiger partial charge in [-0.25, -0.2) is 0 Å². The molecule has 0 heterocycles. The lowest BCUT2D eigenvalue weighted by atomic mass is 9.98. The number of fused-ring (bicyclic) bond motifs is 1. The van der Waals surface area contributed by atoms with Crippen LogP contribution in [-0.4, -0.2) is 0 Å². The van der Waals surface area contributed by atoms with E-state index in [0.717, 1.165) is 21.9 Å². The zero-order chi connectivity index (χ0) is 15.0. The van der Waals surface area contributed by atoms with Gasteiger partial charge in [-0.05, 0) is 28.6 Å². The van der Waals surface area contributed by atoms with Gasteiger partial charge in [0.15, 0.2) is 0 Å². The second kappa shape index (κ2) is 6.06. The van der Waals surface area contributed by atoms with E-state index in [1.54, 1.807) is 6.07 Å². The van der Waals surface area contributed by atoms with Crippen LogP contribution >= 0.6 is 46.4 Å². The summed E-state index contributed by atoms with van der Waals surface area (Å²) in [6.07, 6.45) is 0. The van der Waals surface area contributed by atoms with Crippen molar-refractivity contribution >= 4 is 57.2 Å². The smallest absolute Gasteiger partial charge is 0.0856 e. The first-order valence-corrected chi connectivity index (χ1v) is 7.91. The first kappa shape index (κ1) is 15.0. The molecule has 0 radical (unpaired) electrons. The van der Waals surface area contributed by atoms with Crippen molar-refractivity contribution in [1.29, 1.82) is 0 Å². The van der Waals surface area contributed by atoms with E-state index >= 15 is 0 Å². The van der Waals surface area contributed by atoms with Gasteiger partial charge in [0.2, 0.25) is 0 Å². The minimum Gasteiger partial charge on any atom is -0.113 e. The molecule has 0 aliphatic rings. The molecule has 0 aliphatic heterocycles. The highest BCUT2D eigenvalue weighted by molar-refractivity contribution is 6.43. The predicted molar refractivity (Wildman–Crippen MR) is 93.1 cm³/mol. The maximum absolute atomic E-state index is 6.65. The van der Waals surface area contributed by atoms with E-state index in [9.17, 15) is 0 Å². The monoisotopic (exact) mass is 354 g/mol. The van der Waals surface area contributed by atoms with Crippen LogP contribution < -0.4 is 0 Å². The zero-order valence-corrected chi connectivity index (χ0v) is 13.8. The molecule has 1 unspecified atom stereocenters. The average Bonchev–Trinajstić information content (AvgIpc) is 2.50. The van der Waals surface area contributed by atoms with Crippen molar-refractivity contribution in [1.82, 2.24) is 0 Å². The molecule has 0 amide bonds. The molecule has 3 aromatic rings. The summed E-state index contributed by atoms with van der Waals surface area (Å²) in [5, 5.41) is 3.28. The van der Waals surface area contributed by atoms with E-state index in [2.05, 4.69) is 0 Å². The Bertz CT molecular complexity index is 811. The van der Waals surface area contributed by atoms with Crippen LogP contribution in [0.5, 0.6) is 0 Å². The number of hydrogen-bond donors (Lipinski definition) is 0.